The molecule has 2 aromatic carbocycles. The Morgan fingerprint density at radius 1 is 1.17 bits per heavy atom. The summed E-state index contributed by atoms with van der Waals surface area (Å²) in [4.78, 5) is 12.3. The zero-order chi connectivity index (χ0) is 17.5. The molecule has 0 saturated heterocycles. The Morgan fingerprint density at radius 3 is 2.54 bits per heavy atom. The average Bonchev–Trinajstić information content (AvgIpc) is 2.57. The van der Waals surface area contributed by atoms with Gasteiger partial charge < -0.3 is 10.1 Å². The molecule has 0 aliphatic heterocycles. The van der Waals surface area contributed by atoms with Crippen molar-refractivity contribution in [3.05, 3.63) is 65.0 Å². The van der Waals surface area contributed by atoms with Crippen molar-refractivity contribution >= 4 is 5.91 Å². The molecule has 0 unspecified atom stereocenters. The van der Waals surface area contributed by atoms with Gasteiger partial charge in [-0.3, -0.25) is 4.79 Å². The van der Waals surface area contributed by atoms with Crippen molar-refractivity contribution in [2.24, 2.45) is 0 Å². The van der Waals surface area contributed by atoms with Crippen LogP contribution in [0.15, 0.2) is 42.5 Å². The van der Waals surface area contributed by atoms with Gasteiger partial charge in [-0.15, -0.1) is 0 Å². The number of aryl methyl sites for hydroxylation is 2. The third-order valence-corrected chi connectivity index (χ3v) is 3.90. The van der Waals surface area contributed by atoms with E-state index < -0.39 is 6.10 Å². The first-order valence-corrected chi connectivity index (χ1v) is 8.25. The molecule has 4 heteroatoms. The van der Waals surface area contributed by atoms with Crippen molar-refractivity contribution < 1.29 is 13.9 Å². The highest BCUT2D eigenvalue weighted by Gasteiger charge is 2.18. The van der Waals surface area contributed by atoms with E-state index in [4.69, 9.17) is 4.74 Å². The van der Waals surface area contributed by atoms with Gasteiger partial charge in [0, 0.05) is 6.54 Å². The first-order chi connectivity index (χ1) is 11.5. The van der Waals surface area contributed by atoms with Gasteiger partial charge in [0.2, 0.25) is 0 Å². The van der Waals surface area contributed by atoms with Crippen LogP contribution in [0.3, 0.4) is 0 Å². The van der Waals surface area contributed by atoms with E-state index in [2.05, 4.69) is 5.32 Å². The van der Waals surface area contributed by atoms with Crippen molar-refractivity contribution in [1.29, 1.82) is 0 Å². The molecule has 0 radical (unpaired) electrons. The molecular weight excluding hydrogens is 305 g/mol. The molecular formula is C20H24FNO2. The lowest BCUT2D eigenvalue weighted by Gasteiger charge is -2.19. The second-order valence-corrected chi connectivity index (χ2v) is 5.95. The smallest absolute Gasteiger partial charge is 0.261 e. The molecule has 0 aliphatic carbocycles. The topological polar surface area (TPSA) is 38.3 Å². The molecule has 0 fully saturated rings. The van der Waals surface area contributed by atoms with Crippen LogP contribution >= 0.6 is 0 Å². The fourth-order valence-corrected chi connectivity index (χ4v) is 2.40. The predicted octanol–water partition coefficient (Wildman–Crippen LogP) is 3.96. The summed E-state index contributed by atoms with van der Waals surface area (Å²) in [5.74, 6) is 0.367. The quantitative estimate of drug-likeness (QED) is 0.835. The molecule has 0 spiro atoms. The third kappa shape index (κ3) is 5.08. The van der Waals surface area contributed by atoms with Crippen LogP contribution in [0.2, 0.25) is 0 Å². The first-order valence-electron chi connectivity index (χ1n) is 8.25. The number of benzene rings is 2. The van der Waals surface area contributed by atoms with E-state index in [0.717, 1.165) is 22.4 Å². The number of amides is 1. The lowest BCUT2D eigenvalue weighted by atomic mass is 10.1. The summed E-state index contributed by atoms with van der Waals surface area (Å²) in [5, 5.41) is 2.89. The van der Waals surface area contributed by atoms with E-state index >= 15 is 0 Å². The fourth-order valence-electron chi connectivity index (χ4n) is 2.40. The molecule has 2 rings (SSSR count). The van der Waals surface area contributed by atoms with Crippen molar-refractivity contribution in [2.75, 3.05) is 6.54 Å². The Labute approximate surface area is 142 Å². The minimum absolute atomic E-state index is 0.125. The van der Waals surface area contributed by atoms with Gasteiger partial charge in [-0.2, -0.15) is 0 Å². The molecule has 0 heterocycles. The Morgan fingerprint density at radius 2 is 1.88 bits per heavy atom. The maximum atomic E-state index is 12.9. The van der Waals surface area contributed by atoms with Gasteiger partial charge in [0.1, 0.15) is 11.6 Å². The minimum atomic E-state index is -0.515. The monoisotopic (exact) mass is 329 g/mol. The normalized spacial score (nSPS) is 11.8. The molecule has 0 aliphatic rings. The average molecular weight is 329 g/mol. The van der Waals surface area contributed by atoms with Crippen molar-refractivity contribution in [1.82, 2.24) is 5.32 Å². The lowest BCUT2D eigenvalue weighted by Crippen LogP contribution is -2.39. The van der Waals surface area contributed by atoms with Gasteiger partial charge in [-0.25, -0.2) is 4.39 Å². The molecule has 0 aromatic heterocycles. The molecule has 1 amide bonds. The van der Waals surface area contributed by atoms with Gasteiger partial charge in [0.15, 0.2) is 6.10 Å². The van der Waals surface area contributed by atoms with Crippen LogP contribution in [-0.4, -0.2) is 18.6 Å². The Balaban J connectivity index is 1.89. The van der Waals surface area contributed by atoms with E-state index in [1.807, 2.05) is 39.0 Å². The van der Waals surface area contributed by atoms with Gasteiger partial charge in [-0.05, 0) is 61.6 Å². The molecule has 1 atom stereocenters. The Hall–Kier alpha value is -2.36. The van der Waals surface area contributed by atoms with Gasteiger partial charge in [0.05, 0.1) is 0 Å². The SMILES string of the molecule is CC[C@H](Oc1cc(C)ccc1C)C(=O)NCCc1ccc(F)cc1. The Kier molecular flexibility index (Phi) is 6.36. The molecule has 2 aromatic rings. The zero-order valence-corrected chi connectivity index (χ0v) is 14.4. The number of carbonyl (C=O) groups excluding carboxylic acids is 1. The second kappa shape index (κ2) is 8.48. The van der Waals surface area contributed by atoms with Crippen LogP contribution in [0.5, 0.6) is 5.75 Å². The van der Waals surface area contributed by atoms with E-state index in [-0.39, 0.29) is 11.7 Å². The highest BCUT2D eigenvalue weighted by molar-refractivity contribution is 5.81. The first kappa shape index (κ1) is 18.0. The number of ether oxygens (including phenoxy) is 1. The third-order valence-electron chi connectivity index (χ3n) is 3.90. The van der Waals surface area contributed by atoms with Crippen LogP contribution in [0, 0.1) is 19.7 Å². The predicted molar refractivity (Wildman–Crippen MR) is 93.7 cm³/mol. The standard InChI is InChI=1S/C20H24FNO2/c1-4-18(24-19-13-14(2)5-6-15(19)3)20(23)22-12-11-16-7-9-17(21)10-8-16/h5-10,13,18H,4,11-12H2,1-3H3,(H,22,23)/t18-/m0/s1. The summed E-state index contributed by atoms with van der Waals surface area (Å²) in [5.41, 5.74) is 3.10. The summed E-state index contributed by atoms with van der Waals surface area (Å²) >= 11 is 0. The van der Waals surface area contributed by atoms with Crippen molar-refractivity contribution in [2.45, 2.75) is 39.7 Å². The molecule has 1 N–H and O–H groups in total. The molecule has 128 valence electrons. The number of rotatable bonds is 7. The summed E-state index contributed by atoms with van der Waals surface area (Å²) in [7, 11) is 0. The van der Waals surface area contributed by atoms with Crippen LogP contribution < -0.4 is 10.1 Å². The van der Waals surface area contributed by atoms with Crippen molar-refractivity contribution in [3.63, 3.8) is 0 Å². The van der Waals surface area contributed by atoms with Gasteiger partial charge in [-0.1, -0.05) is 31.2 Å². The van der Waals surface area contributed by atoms with Crippen LogP contribution in [0.4, 0.5) is 4.39 Å². The number of nitrogens with one attached hydrogen (secondary N) is 1. The molecule has 0 bridgehead atoms. The maximum absolute atomic E-state index is 12.9. The van der Waals surface area contributed by atoms with Crippen LogP contribution in [0.1, 0.15) is 30.0 Å². The fraction of sp³-hybridized carbons (Fsp3) is 0.350. The highest BCUT2D eigenvalue weighted by Crippen LogP contribution is 2.21. The molecule has 0 saturated carbocycles. The highest BCUT2D eigenvalue weighted by atomic mass is 19.1. The van der Waals surface area contributed by atoms with E-state index in [9.17, 15) is 9.18 Å². The largest absolute Gasteiger partial charge is 0.480 e. The van der Waals surface area contributed by atoms with E-state index in [0.29, 0.717) is 19.4 Å². The van der Waals surface area contributed by atoms with Gasteiger partial charge in [0.25, 0.3) is 5.91 Å². The number of carbonyl (C=O) groups is 1. The Bertz CT molecular complexity index is 683. The van der Waals surface area contributed by atoms with E-state index in [1.54, 1.807) is 12.1 Å². The number of hydrogen-bond donors (Lipinski definition) is 1. The van der Waals surface area contributed by atoms with E-state index in [1.165, 1.54) is 12.1 Å². The number of hydrogen-bond acceptors (Lipinski definition) is 2. The minimum Gasteiger partial charge on any atom is -0.480 e. The van der Waals surface area contributed by atoms with Crippen LogP contribution in [-0.2, 0) is 11.2 Å². The summed E-state index contributed by atoms with van der Waals surface area (Å²) in [6.07, 6.45) is 0.737. The van der Waals surface area contributed by atoms with Gasteiger partial charge >= 0.3 is 0 Å². The summed E-state index contributed by atoms with van der Waals surface area (Å²) in [6, 6.07) is 12.3. The van der Waals surface area contributed by atoms with Crippen molar-refractivity contribution in [3.8, 4) is 5.75 Å². The maximum Gasteiger partial charge on any atom is 0.261 e. The van der Waals surface area contributed by atoms with Crippen LogP contribution in [0.25, 0.3) is 0 Å². The number of halogens is 1. The molecule has 3 nitrogen and oxygen atoms in total. The second-order valence-electron chi connectivity index (χ2n) is 5.95. The summed E-state index contributed by atoms with van der Waals surface area (Å²) < 4.78 is 18.8. The summed E-state index contributed by atoms with van der Waals surface area (Å²) in [6.45, 7) is 6.39. The lowest BCUT2D eigenvalue weighted by molar-refractivity contribution is -0.128. The zero-order valence-electron chi connectivity index (χ0n) is 14.4. The molecule has 24 heavy (non-hydrogen) atoms.